The number of likely N-dealkylation sites (N-methyl/N-ethyl adjacent to an activating group) is 1. The Morgan fingerprint density at radius 1 is 1.03 bits per heavy atom. The van der Waals surface area contributed by atoms with E-state index in [4.69, 9.17) is 14.7 Å². The molecule has 0 spiro atoms. The molecule has 1 aromatic heterocycles. The third kappa shape index (κ3) is 5.19. The summed E-state index contributed by atoms with van der Waals surface area (Å²) in [6.45, 7) is 6.09. The van der Waals surface area contributed by atoms with Crippen LogP contribution in [0.2, 0.25) is 0 Å². The van der Waals surface area contributed by atoms with Crippen LogP contribution in [0, 0.1) is 12.7 Å². The Morgan fingerprint density at radius 2 is 1.80 bits per heavy atom. The minimum Gasteiger partial charge on any atom is -0.438 e. The number of amides is 2. The van der Waals surface area contributed by atoms with Crippen LogP contribution in [0.15, 0.2) is 48.5 Å². The molecule has 1 fully saturated rings. The summed E-state index contributed by atoms with van der Waals surface area (Å²) in [7, 11) is 2.10. The lowest BCUT2D eigenvalue weighted by atomic mass is 10.1. The van der Waals surface area contributed by atoms with Crippen molar-refractivity contribution in [3.8, 4) is 11.6 Å². The van der Waals surface area contributed by atoms with Crippen LogP contribution in [0.1, 0.15) is 16.8 Å². The third-order valence-corrected chi connectivity index (χ3v) is 6.45. The van der Waals surface area contributed by atoms with Crippen molar-refractivity contribution < 1.29 is 13.9 Å². The van der Waals surface area contributed by atoms with Crippen molar-refractivity contribution in [3.63, 3.8) is 0 Å². The van der Waals surface area contributed by atoms with Crippen LogP contribution in [0.5, 0.6) is 11.6 Å². The van der Waals surface area contributed by atoms with E-state index in [9.17, 15) is 9.18 Å². The number of para-hydroxylation sites is 1. The molecule has 2 aromatic carbocycles. The highest BCUT2D eigenvalue weighted by Gasteiger charge is 2.28. The summed E-state index contributed by atoms with van der Waals surface area (Å²) in [5.74, 6) is 1.25. The molecule has 35 heavy (non-hydrogen) atoms. The molecule has 9 heteroatoms. The Morgan fingerprint density at radius 3 is 2.54 bits per heavy atom. The maximum Gasteiger partial charge on any atom is 0.322 e. The highest BCUT2D eigenvalue weighted by molar-refractivity contribution is 5.89. The molecule has 182 valence electrons. The number of halogens is 1. The second-order valence-electron chi connectivity index (χ2n) is 9.03. The predicted octanol–water partition coefficient (Wildman–Crippen LogP) is 4.06. The molecule has 0 unspecified atom stereocenters. The SMILES string of the molecule is Cc1cc(Oc2nc(N3CCN(C)CC3)nc3c2CN(C(=O)Nc2ccccc2)CC3)ccc1F. The number of ether oxygens (including phenoxy) is 1. The van der Waals surface area contributed by atoms with Crippen LogP contribution >= 0.6 is 0 Å². The van der Waals surface area contributed by atoms with Gasteiger partial charge in [-0.2, -0.15) is 4.98 Å². The molecule has 2 aliphatic rings. The maximum absolute atomic E-state index is 13.8. The van der Waals surface area contributed by atoms with Gasteiger partial charge in [-0.3, -0.25) is 0 Å². The first-order valence-electron chi connectivity index (χ1n) is 11.8. The summed E-state index contributed by atoms with van der Waals surface area (Å²) in [5.41, 5.74) is 2.89. The number of hydrogen-bond donors (Lipinski definition) is 1. The lowest BCUT2D eigenvalue weighted by Crippen LogP contribution is -2.45. The molecule has 1 saturated heterocycles. The second kappa shape index (κ2) is 9.87. The average Bonchev–Trinajstić information content (AvgIpc) is 2.87. The van der Waals surface area contributed by atoms with E-state index in [0.717, 1.165) is 43.1 Å². The van der Waals surface area contributed by atoms with E-state index in [1.807, 2.05) is 30.3 Å². The lowest BCUT2D eigenvalue weighted by molar-refractivity contribution is 0.205. The standard InChI is InChI=1S/C26H29FN6O2/c1-18-16-20(8-9-22(18)27)35-24-21-17-33(26(34)28-19-6-4-3-5-7-19)11-10-23(21)29-25(30-24)32-14-12-31(2)13-15-32/h3-9,16H,10-15,17H2,1-2H3,(H,28,34). The second-order valence-corrected chi connectivity index (χ2v) is 9.03. The van der Waals surface area contributed by atoms with E-state index >= 15 is 0 Å². The van der Waals surface area contributed by atoms with Gasteiger partial charge >= 0.3 is 6.03 Å². The first kappa shape index (κ1) is 23.0. The number of benzene rings is 2. The number of carbonyl (C=O) groups is 1. The molecule has 0 atom stereocenters. The van der Waals surface area contributed by atoms with Crippen molar-refractivity contribution in [3.05, 3.63) is 71.2 Å². The van der Waals surface area contributed by atoms with Gasteiger partial charge in [0.1, 0.15) is 11.6 Å². The number of rotatable bonds is 4. The molecule has 0 aliphatic carbocycles. The van der Waals surface area contributed by atoms with Gasteiger partial charge in [0.25, 0.3) is 0 Å². The molecule has 0 saturated carbocycles. The van der Waals surface area contributed by atoms with E-state index < -0.39 is 0 Å². The van der Waals surface area contributed by atoms with Crippen LogP contribution in [0.25, 0.3) is 0 Å². The lowest BCUT2D eigenvalue weighted by Gasteiger charge is -2.34. The predicted molar refractivity (Wildman–Crippen MR) is 133 cm³/mol. The Kier molecular flexibility index (Phi) is 6.50. The number of fused-ring (bicyclic) bond motifs is 1. The van der Waals surface area contributed by atoms with Gasteiger partial charge in [0.05, 0.1) is 17.8 Å². The number of anilines is 2. The molecule has 8 nitrogen and oxygen atoms in total. The Balaban J connectivity index is 1.44. The fourth-order valence-corrected chi connectivity index (χ4v) is 4.29. The number of nitrogens with zero attached hydrogens (tertiary/aromatic N) is 5. The van der Waals surface area contributed by atoms with Gasteiger partial charge in [-0.15, -0.1) is 0 Å². The van der Waals surface area contributed by atoms with Crippen molar-refractivity contribution >= 4 is 17.7 Å². The van der Waals surface area contributed by atoms with Gasteiger partial charge in [0.2, 0.25) is 11.8 Å². The van der Waals surface area contributed by atoms with E-state index in [0.29, 0.717) is 42.7 Å². The van der Waals surface area contributed by atoms with Crippen molar-refractivity contribution in [2.24, 2.45) is 0 Å². The fourth-order valence-electron chi connectivity index (χ4n) is 4.29. The van der Waals surface area contributed by atoms with Crippen molar-refractivity contribution in [2.45, 2.75) is 19.9 Å². The van der Waals surface area contributed by atoms with Gasteiger partial charge in [-0.05, 0) is 49.9 Å². The molecular weight excluding hydrogens is 447 g/mol. The molecular formula is C26H29FN6O2. The first-order chi connectivity index (χ1) is 17.0. The number of urea groups is 1. The van der Waals surface area contributed by atoms with Crippen LogP contribution in [-0.2, 0) is 13.0 Å². The van der Waals surface area contributed by atoms with Gasteiger partial charge in [0.15, 0.2) is 0 Å². The van der Waals surface area contributed by atoms with Crippen LogP contribution in [-0.4, -0.2) is 65.6 Å². The minimum absolute atomic E-state index is 0.187. The minimum atomic E-state index is -0.288. The highest BCUT2D eigenvalue weighted by atomic mass is 19.1. The Hall–Kier alpha value is -3.72. The third-order valence-electron chi connectivity index (χ3n) is 6.45. The zero-order valence-corrected chi connectivity index (χ0v) is 20.0. The van der Waals surface area contributed by atoms with E-state index in [1.54, 1.807) is 24.0 Å². The van der Waals surface area contributed by atoms with E-state index in [-0.39, 0.29) is 11.8 Å². The number of carbonyl (C=O) groups excluding carboxylic acids is 1. The largest absolute Gasteiger partial charge is 0.438 e. The summed E-state index contributed by atoms with van der Waals surface area (Å²) in [6.07, 6.45) is 0.597. The highest BCUT2D eigenvalue weighted by Crippen LogP contribution is 2.32. The Labute approximate surface area is 204 Å². The van der Waals surface area contributed by atoms with E-state index in [2.05, 4.69) is 22.2 Å². The van der Waals surface area contributed by atoms with Crippen molar-refractivity contribution in [1.82, 2.24) is 19.8 Å². The van der Waals surface area contributed by atoms with Crippen molar-refractivity contribution in [2.75, 3.05) is 50.0 Å². The quantitative estimate of drug-likeness (QED) is 0.612. The molecule has 0 bridgehead atoms. The van der Waals surface area contributed by atoms with Crippen molar-refractivity contribution in [1.29, 1.82) is 0 Å². The fraction of sp³-hybridized carbons (Fsp3) is 0.346. The van der Waals surface area contributed by atoms with Gasteiger partial charge in [-0.25, -0.2) is 14.2 Å². The van der Waals surface area contributed by atoms with Gasteiger partial charge < -0.3 is 24.8 Å². The van der Waals surface area contributed by atoms with Crippen LogP contribution < -0.4 is 15.0 Å². The first-order valence-corrected chi connectivity index (χ1v) is 11.8. The summed E-state index contributed by atoms with van der Waals surface area (Å²) >= 11 is 0. The van der Waals surface area contributed by atoms with Gasteiger partial charge in [-0.1, -0.05) is 18.2 Å². The van der Waals surface area contributed by atoms with Crippen LogP contribution in [0.4, 0.5) is 20.8 Å². The summed E-state index contributed by atoms with van der Waals surface area (Å²) in [6, 6.07) is 13.8. The van der Waals surface area contributed by atoms with E-state index in [1.165, 1.54) is 6.07 Å². The Bertz CT molecular complexity index is 1210. The monoisotopic (exact) mass is 476 g/mol. The summed E-state index contributed by atoms with van der Waals surface area (Å²) < 4.78 is 20.0. The maximum atomic E-state index is 13.8. The van der Waals surface area contributed by atoms with Gasteiger partial charge in [0, 0.05) is 44.8 Å². The topological polar surface area (TPSA) is 73.8 Å². The number of aromatic nitrogens is 2. The average molecular weight is 477 g/mol. The summed E-state index contributed by atoms with van der Waals surface area (Å²) in [5, 5.41) is 2.94. The number of aryl methyl sites for hydroxylation is 1. The summed E-state index contributed by atoms with van der Waals surface area (Å²) in [4.78, 5) is 28.8. The molecule has 1 N–H and O–H groups in total. The molecule has 0 radical (unpaired) electrons. The normalized spacial score (nSPS) is 16.1. The molecule has 2 aliphatic heterocycles. The zero-order valence-electron chi connectivity index (χ0n) is 20.0. The molecule has 3 aromatic rings. The number of nitrogens with one attached hydrogen (secondary N) is 1. The molecule has 3 heterocycles. The zero-order chi connectivity index (χ0) is 24.4. The smallest absolute Gasteiger partial charge is 0.322 e. The number of hydrogen-bond acceptors (Lipinski definition) is 6. The molecule has 2 amide bonds. The van der Waals surface area contributed by atoms with Crippen LogP contribution in [0.3, 0.4) is 0 Å². The number of piperazine rings is 1. The molecule has 5 rings (SSSR count).